The van der Waals surface area contributed by atoms with Gasteiger partial charge in [0.15, 0.2) is 5.96 Å². The molecule has 0 aliphatic heterocycles. The largest absolute Gasteiger partial charge is 0.357 e. The summed E-state index contributed by atoms with van der Waals surface area (Å²) < 4.78 is 0. The summed E-state index contributed by atoms with van der Waals surface area (Å²) in [7, 11) is 2.04. The molecule has 0 aliphatic carbocycles. The molecule has 2 rings (SSSR count). The Morgan fingerprint density at radius 3 is 2.30 bits per heavy atom. The Morgan fingerprint density at radius 2 is 1.78 bits per heavy atom. The summed E-state index contributed by atoms with van der Waals surface area (Å²) >= 11 is 3.37. The number of nitrogens with zero attached hydrogens (tertiary/aromatic N) is 4. The molecule has 0 saturated carbocycles. The standard InChI is InChI=1S/C15H23N5S2.HI/c1-5-16-15(17-7-6-13-9-21-11(2)18-13)20(4)8-14-10-22-12(3)19-14;/h9-10H,5-8H2,1-4H3,(H,16,17);1H. The van der Waals surface area contributed by atoms with Crippen LogP contribution < -0.4 is 5.32 Å². The molecule has 0 bridgehead atoms. The van der Waals surface area contributed by atoms with Gasteiger partial charge in [-0.2, -0.15) is 0 Å². The maximum Gasteiger partial charge on any atom is 0.194 e. The predicted molar refractivity (Wildman–Crippen MR) is 110 cm³/mol. The van der Waals surface area contributed by atoms with Crippen molar-refractivity contribution in [2.24, 2.45) is 4.99 Å². The van der Waals surface area contributed by atoms with Gasteiger partial charge in [-0.25, -0.2) is 9.97 Å². The molecular weight excluding hydrogens is 441 g/mol. The molecule has 0 aliphatic rings. The number of halogens is 1. The van der Waals surface area contributed by atoms with Crippen LogP contribution in [0, 0.1) is 13.8 Å². The summed E-state index contributed by atoms with van der Waals surface area (Å²) in [6, 6.07) is 0. The van der Waals surface area contributed by atoms with Gasteiger partial charge in [0.2, 0.25) is 0 Å². The SMILES string of the molecule is CCNC(=NCCc1csc(C)n1)N(C)Cc1csc(C)n1.I. The van der Waals surface area contributed by atoms with Gasteiger partial charge >= 0.3 is 0 Å². The molecule has 1 N–H and O–H groups in total. The molecule has 0 fully saturated rings. The van der Waals surface area contributed by atoms with Gasteiger partial charge in [-0.1, -0.05) is 0 Å². The fraction of sp³-hybridized carbons (Fsp3) is 0.533. The van der Waals surface area contributed by atoms with Gasteiger partial charge in [-0.05, 0) is 20.8 Å². The molecule has 0 unspecified atom stereocenters. The fourth-order valence-electron chi connectivity index (χ4n) is 2.07. The van der Waals surface area contributed by atoms with Crippen molar-refractivity contribution in [3.05, 3.63) is 32.2 Å². The van der Waals surface area contributed by atoms with Crippen LogP contribution in [0.4, 0.5) is 0 Å². The van der Waals surface area contributed by atoms with E-state index in [4.69, 9.17) is 4.99 Å². The smallest absolute Gasteiger partial charge is 0.194 e. The number of aromatic nitrogens is 2. The number of rotatable bonds is 6. The van der Waals surface area contributed by atoms with Crippen LogP contribution in [0.1, 0.15) is 28.3 Å². The van der Waals surface area contributed by atoms with Gasteiger partial charge < -0.3 is 10.2 Å². The zero-order valence-electron chi connectivity index (χ0n) is 14.0. The summed E-state index contributed by atoms with van der Waals surface area (Å²) in [6.45, 7) is 8.52. The molecular formula is C15H24IN5S2. The van der Waals surface area contributed by atoms with Crippen molar-refractivity contribution in [1.29, 1.82) is 0 Å². The van der Waals surface area contributed by atoms with Crippen molar-refractivity contribution in [1.82, 2.24) is 20.2 Å². The van der Waals surface area contributed by atoms with Gasteiger partial charge in [0.05, 0.1) is 27.9 Å². The Morgan fingerprint density at radius 1 is 1.17 bits per heavy atom. The van der Waals surface area contributed by atoms with E-state index in [9.17, 15) is 0 Å². The highest BCUT2D eigenvalue weighted by Gasteiger charge is 2.08. The van der Waals surface area contributed by atoms with Gasteiger partial charge in [-0.3, -0.25) is 4.99 Å². The van der Waals surface area contributed by atoms with Gasteiger partial charge in [0, 0.05) is 37.3 Å². The third-order valence-electron chi connectivity index (χ3n) is 3.06. The number of nitrogens with one attached hydrogen (secondary N) is 1. The Bertz CT molecular complexity index is 623. The molecule has 0 saturated heterocycles. The number of guanidine groups is 1. The van der Waals surface area contributed by atoms with E-state index in [-0.39, 0.29) is 24.0 Å². The zero-order chi connectivity index (χ0) is 15.9. The van der Waals surface area contributed by atoms with Crippen LogP contribution in [0.25, 0.3) is 0 Å². The van der Waals surface area contributed by atoms with E-state index in [2.05, 4.69) is 37.9 Å². The van der Waals surface area contributed by atoms with E-state index >= 15 is 0 Å². The molecule has 0 spiro atoms. The number of aliphatic imine (C=N–C) groups is 1. The highest BCUT2D eigenvalue weighted by molar-refractivity contribution is 14.0. The molecule has 2 aromatic heterocycles. The van der Waals surface area contributed by atoms with Gasteiger partial charge in [0.25, 0.3) is 0 Å². The first-order valence-electron chi connectivity index (χ1n) is 7.40. The summed E-state index contributed by atoms with van der Waals surface area (Å²) in [5, 5.41) is 9.76. The van der Waals surface area contributed by atoms with Crippen LogP contribution in [0.15, 0.2) is 15.8 Å². The minimum Gasteiger partial charge on any atom is -0.357 e. The van der Waals surface area contributed by atoms with Crippen molar-refractivity contribution in [3.63, 3.8) is 0 Å². The topological polar surface area (TPSA) is 53.4 Å². The Balaban J connectivity index is 0.00000264. The third kappa shape index (κ3) is 6.72. The maximum absolute atomic E-state index is 4.69. The van der Waals surface area contributed by atoms with Gasteiger partial charge in [0.1, 0.15) is 0 Å². The lowest BCUT2D eigenvalue weighted by molar-refractivity contribution is 0.471. The summed E-state index contributed by atoms with van der Waals surface area (Å²) in [5.41, 5.74) is 2.21. The first-order valence-corrected chi connectivity index (χ1v) is 9.16. The maximum atomic E-state index is 4.69. The average Bonchev–Trinajstić information content (AvgIpc) is 3.06. The normalized spacial score (nSPS) is 11.2. The zero-order valence-corrected chi connectivity index (χ0v) is 18.0. The van der Waals surface area contributed by atoms with Crippen molar-refractivity contribution >= 4 is 52.6 Å². The van der Waals surface area contributed by atoms with E-state index in [1.54, 1.807) is 22.7 Å². The third-order valence-corrected chi connectivity index (χ3v) is 4.70. The molecule has 0 atom stereocenters. The van der Waals surface area contributed by atoms with Crippen molar-refractivity contribution in [2.45, 2.75) is 33.7 Å². The number of aryl methyl sites for hydroxylation is 2. The molecule has 0 amide bonds. The van der Waals surface area contributed by atoms with Crippen LogP contribution in [-0.2, 0) is 13.0 Å². The Hall–Kier alpha value is -0.740. The van der Waals surface area contributed by atoms with Crippen molar-refractivity contribution in [3.8, 4) is 0 Å². The predicted octanol–water partition coefficient (Wildman–Crippen LogP) is 3.47. The van der Waals surface area contributed by atoms with Crippen LogP contribution in [0.3, 0.4) is 0 Å². The molecule has 0 aromatic carbocycles. The first kappa shape index (κ1) is 20.3. The monoisotopic (exact) mass is 465 g/mol. The van der Waals surface area contributed by atoms with E-state index in [1.165, 1.54) is 0 Å². The molecule has 8 heteroatoms. The van der Waals surface area contributed by atoms with Crippen LogP contribution in [0.5, 0.6) is 0 Å². The molecule has 23 heavy (non-hydrogen) atoms. The second-order valence-corrected chi connectivity index (χ2v) is 7.18. The lowest BCUT2D eigenvalue weighted by atomic mass is 10.3. The summed E-state index contributed by atoms with van der Waals surface area (Å²) in [4.78, 5) is 15.8. The van der Waals surface area contributed by atoms with E-state index < -0.39 is 0 Å². The van der Waals surface area contributed by atoms with Crippen LogP contribution in [0.2, 0.25) is 0 Å². The van der Waals surface area contributed by atoms with E-state index in [0.717, 1.165) is 53.4 Å². The molecule has 2 aromatic rings. The quantitative estimate of drug-likeness (QED) is 0.403. The highest BCUT2D eigenvalue weighted by atomic mass is 127. The van der Waals surface area contributed by atoms with Crippen LogP contribution in [-0.4, -0.2) is 41.0 Å². The lowest BCUT2D eigenvalue weighted by Gasteiger charge is -2.21. The fourth-order valence-corrected chi connectivity index (χ4v) is 3.32. The average molecular weight is 465 g/mol. The Kier molecular flexibility index (Phi) is 9.00. The van der Waals surface area contributed by atoms with Gasteiger partial charge in [-0.15, -0.1) is 46.7 Å². The van der Waals surface area contributed by atoms with E-state index in [1.807, 2.05) is 20.9 Å². The number of hydrogen-bond acceptors (Lipinski definition) is 5. The van der Waals surface area contributed by atoms with Crippen molar-refractivity contribution < 1.29 is 0 Å². The summed E-state index contributed by atoms with van der Waals surface area (Å²) in [5.74, 6) is 0.917. The Labute approximate surface area is 163 Å². The molecule has 0 radical (unpaired) electrons. The van der Waals surface area contributed by atoms with Crippen LogP contribution >= 0.6 is 46.7 Å². The summed E-state index contributed by atoms with van der Waals surface area (Å²) in [6.07, 6.45) is 0.878. The molecule has 2 heterocycles. The molecule has 128 valence electrons. The van der Waals surface area contributed by atoms with E-state index in [0.29, 0.717) is 0 Å². The number of hydrogen-bond donors (Lipinski definition) is 1. The molecule has 5 nitrogen and oxygen atoms in total. The lowest BCUT2D eigenvalue weighted by Crippen LogP contribution is -2.38. The second-order valence-electron chi connectivity index (χ2n) is 5.06. The second kappa shape index (κ2) is 10.2. The minimum atomic E-state index is 0. The highest BCUT2D eigenvalue weighted by Crippen LogP contribution is 2.10. The van der Waals surface area contributed by atoms with Crippen molar-refractivity contribution in [2.75, 3.05) is 20.1 Å². The first-order chi connectivity index (χ1) is 10.6. The minimum absolute atomic E-state index is 0. The number of thiazole rings is 2.